The molecule has 0 amide bonds. The van der Waals surface area contributed by atoms with Gasteiger partial charge in [0.25, 0.3) is 0 Å². The predicted molar refractivity (Wildman–Crippen MR) is 110 cm³/mol. The Morgan fingerprint density at radius 3 is 2.50 bits per heavy atom. The summed E-state index contributed by atoms with van der Waals surface area (Å²) >= 11 is 3.68. The first-order valence-corrected chi connectivity index (χ1v) is 10.6. The second kappa shape index (κ2) is 6.74. The number of thioether (sulfide) groups is 1. The van der Waals surface area contributed by atoms with Crippen LogP contribution in [0.15, 0.2) is 53.5 Å². The van der Waals surface area contributed by atoms with Gasteiger partial charge in [-0.05, 0) is 35.7 Å². The Kier molecular flexibility index (Phi) is 4.10. The van der Waals surface area contributed by atoms with E-state index in [4.69, 9.17) is 0 Å². The fraction of sp³-hybridized carbons (Fsp3) is 0.211. The van der Waals surface area contributed by atoms with Crippen LogP contribution in [0.25, 0.3) is 28.1 Å². The van der Waals surface area contributed by atoms with Crippen LogP contribution in [0.2, 0.25) is 0 Å². The van der Waals surface area contributed by atoms with Crippen molar-refractivity contribution in [1.82, 2.24) is 19.7 Å². The third kappa shape index (κ3) is 2.87. The van der Waals surface area contributed by atoms with E-state index in [1.807, 2.05) is 40.3 Å². The lowest BCUT2D eigenvalue weighted by molar-refractivity contribution is 0.856. The first-order valence-electron chi connectivity index (χ1n) is 8.55. The highest BCUT2D eigenvalue weighted by Crippen LogP contribution is 2.24. The SMILES string of the molecule is c1cc(-c2ncc3c(cnn3-c3ccc(N4CCSCC4)cc3)n2)cs1. The first-order chi connectivity index (χ1) is 12.9. The molecule has 1 saturated heterocycles. The summed E-state index contributed by atoms with van der Waals surface area (Å²) in [5, 5.41) is 8.63. The zero-order chi connectivity index (χ0) is 17.3. The number of anilines is 1. The molecule has 0 atom stereocenters. The largest absolute Gasteiger partial charge is 0.370 e. The zero-order valence-corrected chi connectivity index (χ0v) is 15.7. The van der Waals surface area contributed by atoms with Crippen LogP contribution >= 0.6 is 23.1 Å². The van der Waals surface area contributed by atoms with Gasteiger partial charge in [0.2, 0.25) is 0 Å². The van der Waals surface area contributed by atoms with Crippen molar-refractivity contribution in [2.45, 2.75) is 0 Å². The van der Waals surface area contributed by atoms with Gasteiger partial charge >= 0.3 is 0 Å². The van der Waals surface area contributed by atoms with Crippen LogP contribution in [0, 0.1) is 0 Å². The number of thiophene rings is 1. The van der Waals surface area contributed by atoms with Crippen LogP contribution in [-0.4, -0.2) is 44.3 Å². The number of fused-ring (bicyclic) bond motifs is 1. The third-order valence-electron chi connectivity index (χ3n) is 4.57. The summed E-state index contributed by atoms with van der Waals surface area (Å²) in [5.74, 6) is 3.15. The van der Waals surface area contributed by atoms with Crippen LogP contribution in [-0.2, 0) is 0 Å². The van der Waals surface area contributed by atoms with E-state index >= 15 is 0 Å². The molecule has 0 saturated carbocycles. The number of rotatable bonds is 3. The van der Waals surface area contributed by atoms with E-state index in [2.05, 4.69) is 49.6 Å². The second-order valence-electron chi connectivity index (χ2n) is 6.15. The van der Waals surface area contributed by atoms with E-state index < -0.39 is 0 Å². The molecule has 7 heteroatoms. The van der Waals surface area contributed by atoms with Gasteiger partial charge in [-0.2, -0.15) is 28.2 Å². The minimum Gasteiger partial charge on any atom is -0.370 e. The number of nitrogens with zero attached hydrogens (tertiary/aromatic N) is 5. The van der Waals surface area contributed by atoms with Crippen molar-refractivity contribution in [3.8, 4) is 17.1 Å². The number of aromatic nitrogens is 4. The smallest absolute Gasteiger partial charge is 0.160 e. The van der Waals surface area contributed by atoms with Gasteiger partial charge in [0.1, 0.15) is 11.0 Å². The van der Waals surface area contributed by atoms with Gasteiger partial charge in [-0.1, -0.05) is 0 Å². The van der Waals surface area contributed by atoms with E-state index in [-0.39, 0.29) is 0 Å². The van der Waals surface area contributed by atoms with Gasteiger partial charge in [0.15, 0.2) is 5.82 Å². The summed E-state index contributed by atoms with van der Waals surface area (Å²) in [7, 11) is 0. The van der Waals surface area contributed by atoms with E-state index in [1.54, 1.807) is 11.3 Å². The molecule has 1 aromatic carbocycles. The van der Waals surface area contributed by atoms with Crippen molar-refractivity contribution in [3.63, 3.8) is 0 Å². The van der Waals surface area contributed by atoms with Gasteiger partial charge in [-0.25, -0.2) is 14.6 Å². The summed E-state index contributed by atoms with van der Waals surface area (Å²) < 4.78 is 1.91. The molecule has 1 fully saturated rings. The highest BCUT2D eigenvalue weighted by atomic mass is 32.2. The van der Waals surface area contributed by atoms with E-state index in [9.17, 15) is 0 Å². The molecule has 0 spiro atoms. The minimum atomic E-state index is 0.747. The predicted octanol–water partition coefficient (Wildman–Crippen LogP) is 4.10. The molecule has 1 aliphatic rings. The lowest BCUT2D eigenvalue weighted by Crippen LogP contribution is -2.32. The van der Waals surface area contributed by atoms with E-state index in [1.165, 1.54) is 17.2 Å². The highest BCUT2D eigenvalue weighted by molar-refractivity contribution is 7.99. The summed E-state index contributed by atoms with van der Waals surface area (Å²) in [6.07, 6.45) is 3.67. The Morgan fingerprint density at radius 1 is 0.923 bits per heavy atom. The van der Waals surface area contributed by atoms with Crippen molar-refractivity contribution in [2.24, 2.45) is 0 Å². The fourth-order valence-electron chi connectivity index (χ4n) is 3.18. The Bertz CT molecular complexity index is 1020. The molecule has 5 rings (SSSR count). The van der Waals surface area contributed by atoms with Gasteiger partial charge in [0, 0.05) is 41.2 Å². The lowest BCUT2D eigenvalue weighted by atomic mass is 10.2. The zero-order valence-electron chi connectivity index (χ0n) is 14.1. The molecule has 0 bridgehead atoms. The Balaban J connectivity index is 1.47. The molecule has 5 nitrogen and oxygen atoms in total. The fourth-order valence-corrected chi connectivity index (χ4v) is 4.72. The van der Waals surface area contributed by atoms with Crippen molar-refractivity contribution in [1.29, 1.82) is 0 Å². The number of hydrogen-bond acceptors (Lipinski definition) is 6. The molecule has 0 aliphatic carbocycles. The van der Waals surface area contributed by atoms with Gasteiger partial charge < -0.3 is 4.90 Å². The minimum absolute atomic E-state index is 0.747. The molecule has 3 aromatic heterocycles. The normalized spacial score (nSPS) is 14.8. The standard InChI is InChI=1S/C19H17N5S2/c1-3-16(4-2-15(1)23-6-9-25-10-7-23)24-18-12-20-19(14-5-8-26-13-14)22-17(18)11-21-24/h1-5,8,11-13H,6-7,9-10H2. The van der Waals surface area contributed by atoms with Crippen LogP contribution in [0.4, 0.5) is 5.69 Å². The van der Waals surface area contributed by atoms with Gasteiger partial charge in [0.05, 0.1) is 18.1 Å². The van der Waals surface area contributed by atoms with Crippen LogP contribution < -0.4 is 4.90 Å². The molecule has 130 valence electrons. The maximum Gasteiger partial charge on any atom is 0.160 e. The van der Waals surface area contributed by atoms with Crippen molar-refractivity contribution < 1.29 is 0 Å². The average molecular weight is 380 g/mol. The van der Waals surface area contributed by atoms with Gasteiger partial charge in [-0.3, -0.25) is 0 Å². The van der Waals surface area contributed by atoms with Crippen LogP contribution in [0.3, 0.4) is 0 Å². The molecule has 0 N–H and O–H groups in total. The highest BCUT2D eigenvalue weighted by Gasteiger charge is 2.13. The quantitative estimate of drug-likeness (QED) is 0.536. The Labute approximate surface area is 159 Å². The van der Waals surface area contributed by atoms with E-state index in [0.717, 1.165) is 41.2 Å². The molecule has 4 aromatic rings. The summed E-state index contributed by atoms with van der Waals surface area (Å²) in [6.45, 7) is 2.24. The Hall–Kier alpha value is -2.38. The molecule has 0 radical (unpaired) electrons. The van der Waals surface area contributed by atoms with Crippen molar-refractivity contribution >= 4 is 39.8 Å². The summed E-state index contributed by atoms with van der Waals surface area (Å²) in [6, 6.07) is 10.6. The van der Waals surface area contributed by atoms with Crippen molar-refractivity contribution in [2.75, 3.05) is 29.5 Å². The average Bonchev–Trinajstić information content (AvgIpc) is 3.38. The first kappa shape index (κ1) is 15.8. The number of hydrogen-bond donors (Lipinski definition) is 0. The molecular formula is C19H17N5S2. The summed E-state index contributed by atoms with van der Waals surface area (Å²) in [5.41, 5.74) is 5.14. The molecular weight excluding hydrogens is 362 g/mol. The van der Waals surface area contributed by atoms with E-state index in [0.29, 0.717) is 0 Å². The molecule has 1 aliphatic heterocycles. The Morgan fingerprint density at radius 2 is 1.73 bits per heavy atom. The topological polar surface area (TPSA) is 46.8 Å². The van der Waals surface area contributed by atoms with Crippen LogP contribution in [0.5, 0.6) is 0 Å². The maximum atomic E-state index is 4.66. The monoisotopic (exact) mass is 379 g/mol. The second-order valence-corrected chi connectivity index (χ2v) is 8.15. The molecule has 26 heavy (non-hydrogen) atoms. The molecule has 0 unspecified atom stereocenters. The lowest BCUT2D eigenvalue weighted by Gasteiger charge is -2.28. The maximum absolute atomic E-state index is 4.66. The molecule has 4 heterocycles. The summed E-state index contributed by atoms with van der Waals surface area (Å²) in [4.78, 5) is 11.6. The van der Waals surface area contributed by atoms with Crippen LogP contribution in [0.1, 0.15) is 0 Å². The third-order valence-corrected chi connectivity index (χ3v) is 6.20. The van der Waals surface area contributed by atoms with Gasteiger partial charge in [-0.15, -0.1) is 0 Å². The van der Waals surface area contributed by atoms with Crippen molar-refractivity contribution in [3.05, 3.63) is 53.5 Å². The number of benzene rings is 1.